The SMILES string of the molecule is CCOc1ccccc1[C@H]1C2=C(CCCC2=O)Nc2nc(SCc3ccccc3C)nn21. The van der Waals surface area contributed by atoms with Crippen molar-refractivity contribution in [2.24, 2.45) is 0 Å². The lowest BCUT2D eigenvalue weighted by Crippen LogP contribution is -2.31. The molecule has 0 radical (unpaired) electrons. The number of benzene rings is 2. The Labute approximate surface area is 192 Å². The largest absolute Gasteiger partial charge is 0.494 e. The molecule has 1 aromatic heterocycles. The molecule has 1 aliphatic carbocycles. The van der Waals surface area contributed by atoms with Crippen molar-refractivity contribution >= 4 is 23.5 Å². The number of aryl methyl sites for hydroxylation is 1. The van der Waals surface area contributed by atoms with E-state index in [1.54, 1.807) is 11.8 Å². The van der Waals surface area contributed by atoms with Crippen LogP contribution in [0.15, 0.2) is 65.0 Å². The smallest absolute Gasteiger partial charge is 0.227 e. The molecule has 0 saturated heterocycles. The summed E-state index contributed by atoms with van der Waals surface area (Å²) in [5.41, 5.74) is 5.22. The van der Waals surface area contributed by atoms with Gasteiger partial charge in [-0.15, -0.1) is 5.10 Å². The first kappa shape index (κ1) is 20.8. The number of ketones is 1. The van der Waals surface area contributed by atoms with E-state index in [1.165, 1.54) is 11.1 Å². The molecule has 0 fully saturated rings. The van der Waals surface area contributed by atoms with E-state index in [4.69, 9.17) is 14.8 Å². The van der Waals surface area contributed by atoms with Gasteiger partial charge in [-0.25, -0.2) is 4.68 Å². The fourth-order valence-electron chi connectivity index (χ4n) is 4.39. The molecule has 5 rings (SSSR count). The number of thioether (sulfide) groups is 1. The average molecular weight is 447 g/mol. The van der Waals surface area contributed by atoms with Gasteiger partial charge in [0.1, 0.15) is 11.8 Å². The highest BCUT2D eigenvalue weighted by Gasteiger charge is 2.38. The first-order valence-corrected chi connectivity index (χ1v) is 12.0. The molecule has 2 aromatic carbocycles. The predicted octanol–water partition coefficient (Wildman–Crippen LogP) is 5.30. The highest BCUT2D eigenvalue weighted by atomic mass is 32.2. The normalized spacial score (nSPS) is 17.6. The van der Waals surface area contributed by atoms with Crippen LogP contribution in [0.2, 0.25) is 0 Å². The van der Waals surface area contributed by atoms with Crippen molar-refractivity contribution in [3.8, 4) is 5.75 Å². The molecule has 3 aromatic rings. The van der Waals surface area contributed by atoms with Crippen LogP contribution in [0.4, 0.5) is 5.95 Å². The van der Waals surface area contributed by atoms with Gasteiger partial charge in [-0.1, -0.05) is 54.2 Å². The molecule has 7 heteroatoms. The monoisotopic (exact) mass is 446 g/mol. The molecule has 2 aliphatic rings. The second kappa shape index (κ2) is 8.82. The second-order valence-corrected chi connectivity index (χ2v) is 8.99. The van der Waals surface area contributed by atoms with E-state index in [0.717, 1.165) is 41.2 Å². The summed E-state index contributed by atoms with van der Waals surface area (Å²) >= 11 is 1.61. The number of carbonyl (C=O) groups excluding carboxylic acids is 1. The number of carbonyl (C=O) groups is 1. The Morgan fingerprint density at radius 3 is 2.81 bits per heavy atom. The molecule has 0 bridgehead atoms. The van der Waals surface area contributed by atoms with Gasteiger partial charge in [0, 0.05) is 29.0 Å². The lowest BCUT2D eigenvalue weighted by atomic mass is 9.85. The van der Waals surface area contributed by atoms with Gasteiger partial charge in [-0.2, -0.15) is 4.98 Å². The summed E-state index contributed by atoms with van der Waals surface area (Å²) in [6.07, 6.45) is 2.26. The molecule has 1 atom stereocenters. The first-order chi connectivity index (χ1) is 15.7. The van der Waals surface area contributed by atoms with Crippen LogP contribution in [0.25, 0.3) is 0 Å². The molecular formula is C25H26N4O2S. The Morgan fingerprint density at radius 1 is 1.16 bits per heavy atom. The maximum atomic E-state index is 13.0. The third-order valence-corrected chi connectivity index (χ3v) is 6.87. The average Bonchev–Trinajstić information content (AvgIpc) is 3.21. The minimum Gasteiger partial charge on any atom is -0.494 e. The number of anilines is 1. The number of nitrogens with zero attached hydrogens (tertiary/aromatic N) is 3. The van der Waals surface area contributed by atoms with Crippen molar-refractivity contribution in [2.45, 2.75) is 50.1 Å². The van der Waals surface area contributed by atoms with Gasteiger partial charge in [-0.05, 0) is 43.9 Å². The molecule has 2 heterocycles. The molecule has 0 spiro atoms. The van der Waals surface area contributed by atoms with Crippen molar-refractivity contribution in [1.82, 2.24) is 14.8 Å². The fraction of sp³-hybridized carbons (Fsp3) is 0.320. The van der Waals surface area contributed by atoms with E-state index in [1.807, 2.05) is 35.9 Å². The van der Waals surface area contributed by atoms with E-state index < -0.39 is 0 Å². The van der Waals surface area contributed by atoms with Crippen LogP contribution in [0.3, 0.4) is 0 Å². The van der Waals surface area contributed by atoms with Crippen LogP contribution < -0.4 is 10.1 Å². The standard InChI is InChI=1S/C25H26N4O2S/c1-3-31-21-14-7-6-11-18(21)23-22-19(12-8-13-20(22)30)26-24-27-25(28-29(23)24)32-15-17-10-5-4-9-16(17)2/h4-7,9-11,14,23H,3,8,12-13,15H2,1-2H3,(H,26,27,28)/t23-/m0/s1. The van der Waals surface area contributed by atoms with Crippen LogP contribution >= 0.6 is 11.8 Å². The molecule has 1 aliphatic heterocycles. The number of rotatable bonds is 6. The van der Waals surface area contributed by atoms with E-state index >= 15 is 0 Å². The number of ether oxygens (including phenoxy) is 1. The molecule has 0 saturated carbocycles. The predicted molar refractivity (Wildman–Crippen MR) is 126 cm³/mol. The number of Topliss-reactive ketones (excluding diaryl/α,β-unsaturated/α-hetero) is 1. The van der Waals surface area contributed by atoms with Crippen LogP contribution in [0.1, 0.15) is 48.9 Å². The van der Waals surface area contributed by atoms with Gasteiger partial charge in [-0.3, -0.25) is 4.79 Å². The van der Waals surface area contributed by atoms with Crippen LogP contribution in [-0.4, -0.2) is 27.2 Å². The molecule has 32 heavy (non-hydrogen) atoms. The lowest BCUT2D eigenvalue weighted by Gasteiger charge is -2.32. The minimum absolute atomic E-state index is 0.172. The van der Waals surface area contributed by atoms with Crippen molar-refractivity contribution in [1.29, 1.82) is 0 Å². The van der Waals surface area contributed by atoms with Gasteiger partial charge in [0.15, 0.2) is 5.78 Å². The Hall–Kier alpha value is -3.06. The zero-order valence-corrected chi connectivity index (χ0v) is 19.1. The Kier molecular flexibility index (Phi) is 5.74. The van der Waals surface area contributed by atoms with Gasteiger partial charge in [0.2, 0.25) is 11.1 Å². The van der Waals surface area contributed by atoms with E-state index in [2.05, 4.69) is 36.5 Å². The molecule has 0 amide bonds. The number of para-hydroxylation sites is 1. The number of fused-ring (bicyclic) bond motifs is 1. The first-order valence-electron chi connectivity index (χ1n) is 11.0. The highest BCUT2D eigenvalue weighted by Crippen LogP contribution is 2.43. The highest BCUT2D eigenvalue weighted by molar-refractivity contribution is 7.98. The number of allylic oxidation sites excluding steroid dienone is 2. The summed E-state index contributed by atoms with van der Waals surface area (Å²) in [4.78, 5) is 17.8. The maximum absolute atomic E-state index is 13.0. The number of hydrogen-bond donors (Lipinski definition) is 1. The zero-order valence-electron chi connectivity index (χ0n) is 18.3. The quantitative estimate of drug-likeness (QED) is 0.518. The molecule has 6 nitrogen and oxygen atoms in total. The summed E-state index contributed by atoms with van der Waals surface area (Å²) in [5.74, 6) is 2.43. The molecule has 164 valence electrons. The third-order valence-electron chi connectivity index (χ3n) is 5.98. The number of aromatic nitrogens is 3. The third kappa shape index (κ3) is 3.81. The van der Waals surface area contributed by atoms with Gasteiger partial charge in [0.05, 0.1) is 6.61 Å². The lowest BCUT2D eigenvalue weighted by molar-refractivity contribution is -0.116. The molecular weight excluding hydrogens is 420 g/mol. The fourth-order valence-corrected chi connectivity index (χ4v) is 5.30. The van der Waals surface area contributed by atoms with Crippen LogP contribution in [0, 0.1) is 6.92 Å². The Balaban J connectivity index is 1.54. The van der Waals surface area contributed by atoms with Crippen LogP contribution in [0.5, 0.6) is 5.75 Å². The van der Waals surface area contributed by atoms with Gasteiger partial charge in [0.25, 0.3) is 0 Å². The summed E-state index contributed by atoms with van der Waals surface area (Å²) in [6.45, 7) is 4.65. The Bertz CT molecular complexity index is 1200. The Morgan fingerprint density at radius 2 is 1.97 bits per heavy atom. The summed E-state index contributed by atoms with van der Waals surface area (Å²) in [5, 5.41) is 8.94. The van der Waals surface area contributed by atoms with E-state index in [9.17, 15) is 4.79 Å². The second-order valence-electron chi connectivity index (χ2n) is 8.05. The topological polar surface area (TPSA) is 69.0 Å². The van der Waals surface area contributed by atoms with Gasteiger partial charge >= 0.3 is 0 Å². The van der Waals surface area contributed by atoms with Crippen molar-refractivity contribution < 1.29 is 9.53 Å². The summed E-state index contributed by atoms with van der Waals surface area (Å²) < 4.78 is 7.79. The van der Waals surface area contributed by atoms with Crippen LogP contribution in [-0.2, 0) is 10.5 Å². The zero-order chi connectivity index (χ0) is 22.1. The maximum Gasteiger partial charge on any atom is 0.227 e. The number of hydrogen-bond acceptors (Lipinski definition) is 6. The minimum atomic E-state index is -0.336. The van der Waals surface area contributed by atoms with Gasteiger partial charge < -0.3 is 10.1 Å². The van der Waals surface area contributed by atoms with E-state index in [0.29, 0.717) is 24.1 Å². The van der Waals surface area contributed by atoms with Crippen molar-refractivity contribution in [3.05, 3.63) is 76.5 Å². The molecule has 0 unspecified atom stereocenters. The molecule has 1 N–H and O–H groups in total. The number of nitrogens with one attached hydrogen (secondary N) is 1. The summed E-state index contributed by atoms with van der Waals surface area (Å²) in [6, 6.07) is 15.9. The van der Waals surface area contributed by atoms with Crippen molar-refractivity contribution in [3.63, 3.8) is 0 Å². The van der Waals surface area contributed by atoms with E-state index in [-0.39, 0.29) is 11.8 Å². The van der Waals surface area contributed by atoms with Crippen molar-refractivity contribution in [2.75, 3.05) is 11.9 Å². The summed E-state index contributed by atoms with van der Waals surface area (Å²) in [7, 11) is 0.